The van der Waals surface area contributed by atoms with Gasteiger partial charge in [0.1, 0.15) is 0 Å². The first-order valence-electron chi connectivity index (χ1n) is 3.72. The number of rotatable bonds is 4. The average Bonchev–Trinajstić information content (AvgIpc) is 1.87. The molecular formula is C7H17N2O-. The Morgan fingerprint density at radius 3 is 1.90 bits per heavy atom. The van der Waals surface area contributed by atoms with Crippen LogP contribution < -0.4 is 5.43 Å². The first-order valence-corrected chi connectivity index (χ1v) is 3.72. The van der Waals surface area contributed by atoms with Gasteiger partial charge in [-0.05, 0) is 26.8 Å². The second-order valence-electron chi connectivity index (χ2n) is 2.88. The van der Waals surface area contributed by atoms with Crippen LogP contribution in [0.15, 0.2) is 0 Å². The van der Waals surface area contributed by atoms with Crippen LogP contribution in [0.1, 0.15) is 33.6 Å². The van der Waals surface area contributed by atoms with Crippen LogP contribution in [0.5, 0.6) is 0 Å². The maximum absolute atomic E-state index is 10.6. The van der Waals surface area contributed by atoms with Gasteiger partial charge in [-0.1, -0.05) is 13.8 Å². The molecule has 0 unspecified atom stereocenters. The summed E-state index contributed by atoms with van der Waals surface area (Å²) in [6, 6.07) is 0. The zero-order valence-corrected chi connectivity index (χ0v) is 7.27. The third-order valence-corrected chi connectivity index (χ3v) is 1.99. The molecule has 0 saturated carbocycles. The average molecular weight is 145 g/mol. The van der Waals surface area contributed by atoms with E-state index < -0.39 is 0 Å². The molecule has 0 aliphatic carbocycles. The van der Waals surface area contributed by atoms with Gasteiger partial charge in [0, 0.05) is 5.54 Å². The van der Waals surface area contributed by atoms with Crippen molar-refractivity contribution in [2.75, 3.05) is 7.05 Å². The summed E-state index contributed by atoms with van der Waals surface area (Å²) < 4.78 is 0. The number of hydrogen-bond acceptors (Lipinski definition) is 3. The van der Waals surface area contributed by atoms with Gasteiger partial charge in [-0.25, -0.2) is 0 Å². The summed E-state index contributed by atoms with van der Waals surface area (Å²) in [6.07, 6.45) is 1.94. The lowest BCUT2D eigenvalue weighted by Gasteiger charge is -2.37. The first-order chi connectivity index (χ1) is 4.54. The van der Waals surface area contributed by atoms with Crippen LogP contribution in [0.3, 0.4) is 0 Å². The molecule has 0 amide bonds. The van der Waals surface area contributed by atoms with Crippen molar-refractivity contribution in [1.29, 1.82) is 0 Å². The standard InChI is InChI=1S/C7H17N2O/c1-5-7(3,6-2)8-9(4)10/h8H,5-6H2,1-4H3/q-1. The smallest absolute Gasteiger partial charge is 0.0282 e. The molecule has 0 spiro atoms. The van der Waals surface area contributed by atoms with Crippen molar-refractivity contribution in [2.24, 2.45) is 0 Å². The van der Waals surface area contributed by atoms with Gasteiger partial charge >= 0.3 is 0 Å². The third kappa shape index (κ3) is 3.15. The van der Waals surface area contributed by atoms with E-state index in [-0.39, 0.29) is 5.54 Å². The molecule has 0 aliphatic heterocycles. The topological polar surface area (TPSA) is 38.3 Å². The highest BCUT2D eigenvalue weighted by molar-refractivity contribution is 4.77. The molecule has 0 aromatic heterocycles. The van der Waals surface area contributed by atoms with E-state index in [9.17, 15) is 5.21 Å². The Balaban J connectivity index is 3.80. The number of nitrogens with one attached hydrogen (secondary N) is 1. The second-order valence-corrected chi connectivity index (χ2v) is 2.88. The molecule has 0 aromatic carbocycles. The third-order valence-electron chi connectivity index (χ3n) is 1.99. The number of nitrogens with zero attached hydrogens (tertiary/aromatic N) is 1. The molecule has 0 rings (SSSR count). The van der Waals surface area contributed by atoms with Crippen molar-refractivity contribution in [3.05, 3.63) is 5.21 Å². The molecule has 0 saturated heterocycles. The first kappa shape index (κ1) is 9.88. The van der Waals surface area contributed by atoms with E-state index in [0.29, 0.717) is 0 Å². The Bertz CT molecular complexity index is 89.6. The fourth-order valence-electron chi connectivity index (χ4n) is 0.788. The maximum atomic E-state index is 10.6. The molecule has 3 nitrogen and oxygen atoms in total. The Morgan fingerprint density at radius 1 is 1.40 bits per heavy atom. The predicted octanol–water partition coefficient (Wildman–Crippen LogP) is 1.50. The van der Waals surface area contributed by atoms with E-state index in [1.807, 2.05) is 6.92 Å². The SMILES string of the molecule is CCC(C)(CC)NN(C)[O-]. The largest absolute Gasteiger partial charge is 0.772 e. The van der Waals surface area contributed by atoms with E-state index in [4.69, 9.17) is 0 Å². The van der Waals surface area contributed by atoms with Gasteiger partial charge in [-0.3, -0.25) is 5.43 Å². The van der Waals surface area contributed by atoms with E-state index in [0.717, 1.165) is 18.0 Å². The minimum Gasteiger partial charge on any atom is -0.772 e. The molecule has 62 valence electrons. The minimum atomic E-state index is -0.0312. The number of hydroxylamine groups is 1. The van der Waals surface area contributed by atoms with Gasteiger partial charge in [0.2, 0.25) is 0 Å². The molecule has 0 bridgehead atoms. The fraction of sp³-hybridized carbons (Fsp3) is 1.00. The summed E-state index contributed by atoms with van der Waals surface area (Å²) in [7, 11) is 1.48. The lowest BCUT2D eigenvalue weighted by atomic mass is 9.97. The highest BCUT2D eigenvalue weighted by Gasteiger charge is 2.17. The van der Waals surface area contributed by atoms with Crippen LogP contribution >= 0.6 is 0 Å². The van der Waals surface area contributed by atoms with Crippen LogP contribution in [0.2, 0.25) is 0 Å². The van der Waals surface area contributed by atoms with Crippen LogP contribution in [0.4, 0.5) is 0 Å². The van der Waals surface area contributed by atoms with Crippen molar-refractivity contribution in [2.45, 2.75) is 39.2 Å². The normalized spacial score (nSPS) is 12.6. The van der Waals surface area contributed by atoms with E-state index in [1.54, 1.807) is 0 Å². The summed E-state index contributed by atoms with van der Waals surface area (Å²) in [5, 5.41) is 11.4. The Hall–Kier alpha value is -0.120. The lowest BCUT2D eigenvalue weighted by molar-refractivity contribution is 0.183. The van der Waals surface area contributed by atoms with Crippen molar-refractivity contribution < 1.29 is 0 Å². The van der Waals surface area contributed by atoms with E-state index in [2.05, 4.69) is 19.3 Å². The molecule has 0 heterocycles. The Morgan fingerprint density at radius 2 is 1.80 bits per heavy atom. The Labute approximate surface area is 63.0 Å². The van der Waals surface area contributed by atoms with Crippen molar-refractivity contribution in [1.82, 2.24) is 10.6 Å². The molecule has 0 radical (unpaired) electrons. The molecule has 0 aromatic rings. The van der Waals surface area contributed by atoms with Gasteiger partial charge < -0.3 is 10.4 Å². The van der Waals surface area contributed by atoms with Gasteiger partial charge in [0.15, 0.2) is 0 Å². The summed E-state index contributed by atoms with van der Waals surface area (Å²) in [5.41, 5.74) is 2.80. The molecular weight excluding hydrogens is 128 g/mol. The van der Waals surface area contributed by atoms with Crippen molar-refractivity contribution in [3.8, 4) is 0 Å². The summed E-state index contributed by atoms with van der Waals surface area (Å²) in [6.45, 7) is 6.18. The number of hydrazine groups is 1. The fourth-order valence-corrected chi connectivity index (χ4v) is 0.788. The van der Waals surface area contributed by atoms with Gasteiger partial charge in [-0.2, -0.15) is 0 Å². The molecule has 0 atom stereocenters. The van der Waals surface area contributed by atoms with Crippen LogP contribution in [-0.4, -0.2) is 17.8 Å². The number of hydrogen-bond donors (Lipinski definition) is 1. The summed E-state index contributed by atoms with van der Waals surface area (Å²) >= 11 is 0. The van der Waals surface area contributed by atoms with Crippen LogP contribution in [0.25, 0.3) is 0 Å². The van der Waals surface area contributed by atoms with Gasteiger partial charge in [0.05, 0.1) is 0 Å². The summed E-state index contributed by atoms with van der Waals surface area (Å²) in [4.78, 5) is 0. The van der Waals surface area contributed by atoms with Gasteiger partial charge in [0.25, 0.3) is 0 Å². The highest BCUT2D eigenvalue weighted by Crippen LogP contribution is 2.12. The predicted molar refractivity (Wildman–Crippen MR) is 43.3 cm³/mol. The monoisotopic (exact) mass is 145 g/mol. The van der Waals surface area contributed by atoms with Crippen LogP contribution in [0, 0.1) is 5.21 Å². The quantitative estimate of drug-likeness (QED) is 0.609. The zero-order chi connectivity index (χ0) is 8.20. The lowest BCUT2D eigenvalue weighted by Crippen LogP contribution is -2.47. The minimum absolute atomic E-state index is 0.0312. The molecule has 0 fully saturated rings. The van der Waals surface area contributed by atoms with Gasteiger partial charge in [-0.15, -0.1) is 0 Å². The van der Waals surface area contributed by atoms with E-state index >= 15 is 0 Å². The molecule has 10 heavy (non-hydrogen) atoms. The van der Waals surface area contributed by atoms with Crippen molar-refractivity contribution >= 4 is 0 Å². The molecule has 3 heteroatoms. The molecule has 0 aliphatic rings. The second kappa shape index (κ2) is 3.91. The highest BCUT2D eigenvalue weighted by atomic mass is 16.5. The van der Waals surface area contributed by atoms with Crippen LogP contribution in [-0.2, 0) is 0 Å². The maximum Gasteiger partial charge on any atom is 0.0282 e. The Kier molecular flexibility index (Phi) is 3.86. The summed E-state index contributed by atoms with van der Waals surface area (Å²) in [5.74, 6) is 0. The van der Waals surface area contributed by atoms with E-state index in [1.165, 1.54) is 7.05 Å². The molecule has 1 N–H and O–H groups in total. The van der Waals surface area contributed by atoms with Crippen molar-refractivity contribution in [3.63, 3.8) is 0 Å². The zero-order valence-electron chi connectivity index (χ0n) is 7.27.